The van der Waals surface area contributed by atoms with Crippen LogP contribution in [0.4, 0.5) is 5.82 Å². The maximum absolute atomic E-state index is 12.5. The standard InChI is InChI=1S/C15H18N8O2/c1-22(15(25)8-4-5-20-21-8)9-2-3-10(12(9)24)23-7-19-11-13(16)17-6-18-14(11)23/h4-7,9-10,12,24H,2-3H2,1H3,(H,20,21)(H2,16,17,18)/t9-,10+,12+/m1/s1. The fraction of sp³-hybridized carbons (Fsp3) is 0.400. The maximum atomic E-state index is 12.5. The molecule has 10 heteroatoms. The number of aromatic amines is 1. The maximum Gasteiger partial charge on any atom is 0.271 e. The van der Waals surface area contributed by atoms with Crippen molar-refractivity contribution in [2.24, 2.45) is 0 Å². The van der Waals surface area contributed by atoms with Crippen LogP contribution in [0.25, 0.3) is 11.2 Å². The molecule has 0 radical (unpaired) electrons. The predicted molar refractivity (Wildman–Crippen MR) is 88.5 cm³/mol. The average molecular weight is 342 g/mol. The molecule has 1 amide bonds. The number of carbonyl (C=O) groups is 1. The first kappa shape index (κ1) is 15.5. The van der Waals surface area contributed by atoms with Crippen LogP contribution in [-0.4, -0.2) is 64.8 Å². The monoisotopic (exact) mass is 342 g/mol. The number of fused-ring (bicyclic) bond motifs is 1. The number of likely N-dealkylation sites (N-methyl/N-ethyl adjacent to an activating group) is 1. The molecular weight excluding hydrogens is 324 g/mol. The number of H-pyrrole nitrogens is 1. The van der Waals surface area contributed by atoms with Gasteiger partial charge in [0, 0.05) is 13.2 Å². The molecule has 1 aliphatic carbocycles. The van der Waals surface area contributed by atoms with Gasteiger partial charge in [0.05, 0.1) is 24.5 Å². The molecule has 4 N–H and O–H groups in total. The lowest BCUT2D eigenvalue weighted by atomic mass is 10.1. The molecule has 3 atom stereocenters. The predicted octanol–water partition coefficient (Wildman–Crippen LogP) is -0.0318. The Morgan fingerprint density at radius 3 is 3.00 bits per heavy atom. The van der Waals surface area contributed by atoms with Crippen molar-refractivity contribution >= 4 is 22.9 Å². The molecule has 1 saturated carbocycles. The van der Waals surface area contributed by atoms with E-state index in [2.05, 4.69) is 25.1 Å². The molecule has 10 nitrogen and oxygen atoms in total. The van der Waals surface area contributed by atoms with Crippen LogP contribution in [0.1, 0.15) is 29.4 Å². The summed E-state index contributed by atoms with van der Waals surface area (Å²) in [6.07, 6.45) is 5.14. The number of anilines is 1. The molecule has 3 heterocycles. The van der Waals surface area contributed by atoms with E-state index in [0.29, 0.717) is 35.5 Å². The van der Waals surface area contributed by atoms with Gasteiger partial charge in [-0.3, -0.25) is 9.89 Å². The van der Waals surface area contributed by atoms with Gasteiger partial charge in [-0.2, -0.15) is 5.10 Å². The topological polar surface area (TPSA) is 139 Å². The zero-order valence-electron chi connectivity index (χ0n) is 13.6. The molecule has 0 aliphatic heterocycles. The highest BCUT2D eigenvalue weighted by Crippen LogP contribution is 2.35. The molecule has 3 aromatic heterocycles. The van der Waals surface area contributed by atoms with Gasteiger partial charge in [-0.1, -0.05) is 0 Å². The van der Waals surface area contributed by atoms with E-state index in [1.54, 1.807) is 24.3 Å². The second-order valence-corrected chi connectivity index (χ2v) is 6.17. The minimum Gasteiger partial charge on any atom is -0.389 e. The molecule has 0 spiro atoms. The van der Waals surface area contributed by atoms with Gasteiger partial charge in [-0.05, 0) is 18.9 Å². The van der Waals surface area contributed by atoms with Crippen LogP contribution in [0.15, 0.2) is 24.9 Å². The molecule has 0 aromatic carbocycles. The van der Waals surface area contributed by atoms with Gasteiger partial charge < -0.3 is 20.3 Å². The van der Waals surface area contributed by atoms with E-state index in [1.165, 1.54) is 12.5 Å². The Morgan fingerprint density at radius 2 is 2.24 bits per heavy atom. The summed E-state index contributed by atoms with van der Waals surface area (Å²) < 4.78 is 1.81. The molecular formula is C15H18N8O2. The number of carbonyl (C=O) groups excluding carboxylic acids is 1. The van der Waals surface area contributed by atoms with Gasteiger partial charge in [-0.25, -0.2) is 15.0 Å². The molecule has 4 rings (SSSR count). The number of nitrogen functional groups attached to an aromatic ring is 1. The Morgan fingerprint density at radius 1 is 1.40 bits per heavy atom. The van der Waals surface area contributed by atoms with Crippen LogP contribution in [0.2, 0.25) is 0 Å². The number of aromatic nitrogens is 6. The van der Waals surface area contributed by atoms with Gasteiger partial charge >= 0.3 is 0 Å². The van der Waals surface area contributed by atoms with E-state index in [9.17, 15) is 9.90 Å². The molecule has 0 unspecified atom stereocenters. The van der Waals surface area contributed by atoms with E-state index in [0.717, 1.165) is 0 Å². The van der Waals surface area contributed by atoms with Gasteiger partial charge in [-0.15, -0.1) is 0 Å². The zero-order chi connectivity index (χ0) is 17.6. The molecule has 25 heavy (non-hydrogen) atoms. The number of hydrogen-bond donors (Lipinski definition) is 3. The number of nitrogens with zero attached hydrogens (tertiary/aromatic N) is 6. The number of rotatable bonds is 3. The third-order valence-electron chi connectivity index (χ3n) is 4.84. The summed E-state index contributed by atoms with van der Waals surface area (Å²) >= 11 is 0. The summed E-state index contributed by atoms with van der Waals surface area (Å²) in [7, 11) is 1.69. The quantitative estimate of drug-likeness (QED) is 0.607. The first-order valence-corrected chi connectivity index (χ1v) is 7.95. The smallest absolute Gasteiger partial charge is 0.271 e. The van der Waals surface area contributed by atoms with Crippen molar-refractivity contribution in [3.05, 3.63) is 30.6 Å². The summed E-state index contributed by atoms with van der Waals surface area (Å²) in [6, 6.07) is 1.07. The minimum absolute atomic E-state index is 0.204. The van der Waals surface area contributed by atoms with Crippen molar-refractivity contribution in [1.82, 2.24) is 34.6 Å². The van der Waals surface area contributed by atoms with E-state index >= 15 is 0 Å². The average Bonchev–Trinajstić information content (AvgIpc) is 3.33. The Bertz CT molecular complexity index is 906. The lowest BCUT2D eigenvalue weighted by molar-refractivity contribution is 0.0442. The minimum atomic E-state index is -0.745. The van der Waals surface area contributed by atoms with E-state index in [-0.39, 0.29) is 18.0 Å². The van der Waals surface area contributed by atoms with Crippen LogP contribution >= 0.6 is 0 Å². The zero-order valence-corrected chi connectivity index (χ0v) is 13.6. The Hall–Kier alpha value is -3.01. The number of nitrogens with two attached hydrogens (primary N) is 1. The summed E-state index contributed by atoms with van der Waals surface area (Å²) in [5.41, 5.74) is 7.31. The lowest BCUT2D eigenvalue weighted by Crippen LogP contribution is -2.43. The molecule has 1 fully saturated rings. The molecule has 1 aliphatic rings. The van der Waals surface area contributed by atoms with E-state index < -0.39 is 6.10 Å². The molecule has 3 aromatic rings. The number of imidazole rings is 1. The second-order valence-electron chi connectivity index (χ2n) is 6.17. The van der Waals surface area contributed by atoms with Crippen LogP contribution in [0.3, 0.4) is 0 Å². The SMILES string of the molecule is CN(C(=O)c1ccn[nH]1)[C@@H]1CC[C@H](n2cnc3c(N)ncnc32)[C@H]1O. The highest BCUT2D eigenvalue weighted by atomic mass is 16.3. The van der Waals surface area contributed by atoms with Gasteiger partial charge in [0.15, 0.2) is 11.5 Å². The van der Waals surface area contributed by atoms with Crippen molar-refractivity contribution in [2.45, 2.75) is 31.0 Å². The van der Waals surface area contributed by atoms with Crippen molar-refractivity contribution in [3.8, 4) is 0 Å². The highest BCUT2D eigenvalue weighted by molar-refractivity contribution is 5.92. The van der Waals surface area contributed by atoms with Crippen molar-refractivity contribution < 1.29 is 9.90 Å². The van der Waals surface area contributed by atoms with Gasteiger partial charge in [0.25, 0.3) is 5.91 Å². The number of aliphatic hydroxyl groups is 1. The summed E-state index contributed by atoms with van der Waals surface area (Å²) in [4.78, 5) is 26.4. The second kappa shape index (κ2) is 5.81. The van der Waals surface area contributed by atoms with E-state index in [4.69, 9.17) is 5.73 Å². The highest BCUT2D eigenvalue weighted by Gasteiger charge is 2.40. The van der Waals surface area contributed by atoms with Crippen molar-refractivity contribution in [2.75, 3.05) is 12.8 Å². The summed E-state index contributed by atoms with van der Waals surface area (Å²) in [5.74, 6) is 0.101. The van der Waals surface area contributed by atoms with E-state index in [1.807, 2.05) is 4.57 Å². The Kier molecular flexibility index (Phi) is 3.61. The van der Waals surface area contributed by atoms with Crippen LogP contribution in [0.5, 0.6) is 0 Å². The summed E-state index contributed by atoms with van der Waals surface area (Å²) in [5, 5.41) is 17.3. The molecule has 130 valence electrons. The van der Waals surface area contributed by atoms with Crippen molar-refractivity contribution in [1.29, 1.82) is 0 Å². The summed E-state index contributed by atoms with van der Waals surface area (Å²) in [6.45, 7) is 0. The number of nitrogens with one attached hydrogen (secondary N) is 1. The first-order valence-electron chi connectivity index (χ1n) is 7.95. The fourth-order valence-electron chi connectivity index (χ4n) is 3.49. The number of aliphatic hydroxyl groups excluding tert-OH is 1. The van der Waals surface area contributed by atoms with Gasteiger partial charge in [0.1, 0.15) is 17.5 Å². The largest absolute Gasteiger partial charge is 0.389 e. The normalized spacial score (nSPS) is 23.2. The lowest BCUT2D eigenvalue weighted by Gasteiger charge is -2.28. The molecule has 0 bridgehead atoms. The van der Waals surface area contributed by atoms with Gasteiger partial charge in [0.2, 0.25) is 0 Å². The van der Waals surface area contributed by atoms with Crippen LogP contribution in [0, 0.1) is 0 Å². The van der Waals surface area contributed by atoms with Crippen LogP contribution < -0.4 is 5.73 Å². The Balaban J connectivity index is 1.60. The number of amides is 1. The van der Waals surface area contributed by atoms with Crippen molar-refractivity contribution in [3.63, 3.8) is 0 Å². The third-order valence-corrected chi connectivity index (χ3v) is 4.84. The molecule has 0 saturated heterocycles. The fourth-order valence-corrected chi connectivity index (χ4v) is 3.49. The Labute approximate surface area is 142 Å². The number of hydrogen-bond acceptors (Lipinski definition) is 7. The third kappa shape index (κ3) is 2.41. The first-order chi connectivity index (χ1) is 12.1. The van der Waals surface area contributed by atoms with Crippen LogP contribution in [-0.2, 0) is 0 Å².